The van der Waals surface area contributed by atoms with Crippen molar-refractivity contribution in [3.05, 3.63) is 107 Å². The number of hydrogen-bond acceptors (Lipinski definition) is 10. The van der Waals surface area contributed by atoms with Gasteiger partial charge < -0.3 is 28.5 Å². The van der Waals surface area contributed by atoms with Crippen molar-refractivity contribution in [2.24, 2.45) is 10.4 Å². The highest BCUT2D eigenvalue weighted by molar-refractivity contribution is 7.99. The Morgan fingerprint density at radius 2 is 1.60 bits per heavy atom. The van der Waals surface area contributed by atoms with Gasteiger partial charge >= 0.3 is 5.97 Å². The number of ketones is 1. The van der Waals surface area contributed by atoms with Gasteiger partial charge in [-0.15, -0.1) is 11.8 Å². The van der Waals surface area contributed by atoms with E-state index in [0.29, 0.717) is 35.7 Å². The lowest BCUT2D eigenvalue weighted by Crippen LogP contribution is -2.68. The largest absolute Gasteiger partial charge is 0.511 e. The highest BCUT2D eigenvalue weighted by Crippen LogP contribution is 2.41. The van der Waals surface area contributed by atoms with Gasteiger partial charge in [0, 0.05) is 30.2 Å². The summed E-state index contributed by atoms with van der Waals surface area (Å²) in [5.74, 6) is -0.764. The van der Waals surface area contributed by atoms with Crippen molar-refractivity contribution in [1.29, 1.82) is 0 Å². The molecule has 6 atom stereocenters. The molecule has 57 heavy (non-hydrogen) atoms. The maximum atomic E-state index is 14.1. The average molecular weight is 835 g/mol. The van der Waals surface area contributed by atoms with E-state index in [0.717, 1.165) is 23.2 Å². The number of hydrogen-bond donors (Lipinski definition) is 1. The van der Waals surface area contributed by atoms with E-state index in [-0.39, 0.29) is 40.6 Å². The lowest BCUT2D eigenvalue weighted by molar-refractivity contribution is -0.257. The smallest absolute Gasteiger partial charge is 0.338 e. The summed E-state index contributed by atoms with van der Waals surface area (Å²) in [7, 11) is -3.05. The van der Waals surface area contributed by atoms with E-state index in [9.17, 15) is 14.7 Å². The first-order valence-corrected chi connectivity index (χ1v) is 23.4. The summed E-state index contributed by atoms with van der Waals surface area (Å²) in [6.07, 6.45) is 1.80. The van der Waals surface area contributed by atoms with Crippen molar-refractivity contribution in [3.8, 4) is 0 Å². The fraction of sp³-hybridized carbons (Fsp3) is 0.489. The molecule has 1 N–H and O–H groups in total. The van der Waals surface area contributed by atoms with Crippen LogP contribution in [0.25, 0.3) is 0 Å². The summed E-state index contributed by atoms with van der Waals surface area (Å²) in [6.45, 7) is 12.9. The third-order valence-corrected chi connectivity index (χ3v) is 17.2. The van der Waals surface area contributed by atoms with Crippen LogP contribution in [0.4, 0.5) is 0 Å². The zero-order valence-electron chi connectivity index (χ0n) is 34.0. The third kappa shape index (κ3) is 9.78. The van der Waals surface area contributed by atoms with Crippen LogP contribution in [0, 0.1) is 5.41 Å². The van der Waals surface area contributed by atoms with Crippen LogP contribution in [-0.2, 0) is 28.2 Å². The Hall–Kier alpha value is -3.29. The summed E-state index contributed by atoms with van der Waals surface area (Å²) in [5, 5.41) is 13.6. The van der Waals surface area contributed by atoms with Gasteiger partial charge in [0.2, 0.25) is 0 Å². The number of aliphatic imine (C=N–C) groups is 1. The minimum Gasteiger partial charge on any atom is -0.511 e. The van der Waals surface area contributed by atoms with Crippen LogP contribution in [0.2, 0.25) is 10.1 Å². The number of rotatable bonds is 12. The molecule has 2 saturated heterocycles. The zero-order chi connectivity index (χ0) is 41.0. The molecule has 2 heterocycles. The molecule has 0 amide bonds. The van der Waals surface area contributed by atoms with Crippen LogP contribution in [0.3, 0.4) is 0 Å². The Bertz CT molecular complexity index is 1870. The van der Waals surface area contributed by atoms with Crippen molar-refractivity contribution in [2.75, 3.05) is 19.5 Å². The maximum Gasteiger partial charge on any atom is 0.338 e. The molecule has 306 valence electrons. The van der Waals surface area contributed by atoms with Gasteiger partial charge in [-0.05, 0) is 77.5 Å². The first-order chi connectivity index (χ1) is 27.1. The second-order valence-electron chi connectivity index (χ2n) is 17.0. The first-order valence-electron chi connectivity index (χ1n) is 19.8. The van der Waals surface area contributed by atoms with Crippen molar-refractivity contribution >= 4 is 59.5 Å². The molecule has 0 aromatic heterocycles. The third-order valence-electron chi connectivity index (χ3n) is 11.1. The Balaban J connectivity index is 1.46. The Labute approximate surface area is 347 Å². The molecule has 6 rings (SSSR count). The molecule has 3 aromatic carbocycles. The lowest BCUT2D eigenvalue weighted by Gasteiger charge is -2.48. The predicted octanol–water partition coefficient (Wildman–Crippen LogP) is 8.47. The number of halogens is 1. The van der Waals surface area contributed by atoms with E-state index in [1.54, 1.807) is 31.2 Å². The fourth-order valence-electron chi connectivity index (χ4n) is 8.38. The molecule has 12 heteroatoms. The molecular weight excluding hydrogens is 778 g/mol. The molecule has 1 unspecified atom stereocenters. The molecular formula is C45H56ClNO8SSi. The number of ether oxygens (including phenoxy) is 4. The van der Waals surface area contributed by atoms with Gasteiger partial charge in [0.1, 0.15) is 29.4 Å². The fourth-order valence-corrected chi connectivity index (χ4v) is 13.8. The number of nitrogens with zero attached hydrogens (tertiary/aromatic N) is 1. The topological polar surface area (TPSA) is 113 Å². The van der Waals surface area contributed by atoms with Gasteiger partial charge in [0.05, 0.1) is 17.7 Å². The Kier molecular flexibility index (Phi) is 13.9. The van der Waals surface area contributed by atoms with E-state index in [2.05, 4.69) is 45.0 Å². The number of esters is 1. The minimum atomic E-state index is -3.05. The highest BCUT2D eigenvalue weighted by atomic mass is 35.5. The van der Waals surface area contributed by atoms with Gasteiger partial charge in [-0.25, -0.2) is 4.79 Å². The molecule has 0 radical (unpaired) electrons. The lowest BCUT2D eigenvalue weighted by atomic mass is 9.75. The maximum absolute atomic E-state index is 14.1. The molecule has 0 bridgehead atoms. The molecule has 3 aliphatic rings. The molecule has 2 fully saturated rings. The number of carbonyl (C=O) groups excluding carboxylic acids is 2. The van der Waals surface area contributed by atoms with Crippen molar-refractivity contribution in [2.45, 2.75) is 115 Å². The van der Waals surface area contributed by atoms with E-state index in [4.69, 9.17) is 40.0 Å². The SMILES string of the molecule is CS[C@@H]1O[C@H](CO[Si](c2ccccc2)(c2ccccc2)C(C)(C)C)[C@@H](OC2CCCCO2)[C@H](OC(=O)c2ccc(Cl)cc2)[C@H]1N=C(C)C1=C(O)CC(C)(C)CC1=O. The van der Waals surface area contributed by atoms with E-state index in [1.807, 2.05) is 56.5 Å². The molecule has 1 aliphatic carbocycles. The van der Waals surface area contributed by atoms with E-state index in [1.165, 1.54) is 11.8 Å². The van der Waals surface area contributed by atoms with Crippen molar-refractivity contribution in [3.63, 3.8) is 0 Å². The van der Waals surface area contributed by atoms with Crippen molar-refractivity contribution in [1.82, 2.24) is 0 Å². The second-order valence-corrected chi connectivity index (χ2v) is 22.7. The van der Waals surface area contributed by atoms with Gasteiger partial charge in [0.15, 0.2) is 18.2 Å². The number of aliphatic hydroxyl groups is 1. The number of Topliss-reactive ketones (excluding diaryl/α,β-unsaturated/α-hetero) is 1. The summed E-state index contributed by atoms with van der Waals surface area (Å²) in [6, 6.07) is 26.5. The van der Waals surface area contributed by atoms with Gasteiger partial charge in [-0.2, -0.15) is 0 Å². The summed E-state index contributed by atoms with van der Waals surface area (Å²) in [5.41, 5.74) is -0.177. The van der Waals surface area contributed by atoms with E-state index < -0.39 is 50.4 Å². The van der Waals surface area contributed by atoms with Crippen molar-refractivity contribution < 1.29 is 38.1 Å². The number of carbonyl (C=O) groups is 2. The van der Waals surface area contributed by atoms with Crippen LogP contribution < -0.4 is 10.4 Å². The molecule has 0 saturated carbocycles. The van der Waals surface area contributed by atoms with Crippen LogP contribution in [0.5, 0.6) is 0 Å². The summed E-state index contributed by atoms with van der Waals surface area (Å²) >= 11 is 7.62. The standard InChI is InChI=1S/C45H56ClNO8SSi/c1-29(38-34(48)26-45(5,6)27-35(38)49)47-39-41(55-42(50)30-21-23-31(46)24-22-30)40(54-37-20-14-15-25-51-37)36(53-43(39)56-7)28-52-57(44(2,3)4,32-16-10-8-11-17-32)33-18-12-9-13-19-33/h8-13,16-19,21-24,36-37,39-41,43,48H,14-15,20,25-28H2,1-7H3/t36-,37?,39-,40-,41-,43+/m1/s1. The molecule has 3 aromatic rings. The first kappa shape index (κ1) is 43.3. The number of allylic oxidation sites excluding steroid dienone is 2. The van der Waals surface area contributed by atoms with Gasteiger partial charge in [0.25, 0.3) is 8.32 Å². The summed E-state index contributed by atoms with van der Waals surface area (Å²) < 4.78 is 34.0. The number of aliphatic hydroxyl groups excluding tert-OH is 1. The van der Waals surface area contributed by atoms with Gasteiger partial charge in [-0.1, -0.05) is 107 Å². The Morgan fingerprint density at radius 3 is 2.14 bits per heavy atom. The number of benzene rings is 3. The molecule has 0 spiro atoms. The zero-order valence-corrected chi connectivity index (χ0v) is 36.6. The average Bonchev–Trinajstić information content (AvgIpc) is 3.17. The van der Waals surface area contributed by atoms with Crippen LogP contribution in [0.1, 0.15) is 84.0 Å². The minimum absolute atomic E-state index is 0.00428. The second kappa shape index (κ2) is 18.3. The van der Waals surface area contributed by atoms with Crippen LogP contribution >= 0.6 is 23.4 Å². The Morgan fingerprint density at radius 1 is 0.965 bits per heavy atom. The highest BCUT2D eigenvalue weighted by Gasteiger charge is 2.54. The van der Waals surface area contributed by atoms with Gasteiger partial charge in [-0.3, -0.25) is 9.79 Å². The normalized spacial score (nSPS) is 26.0. The molecule has 9 nitrogen and oxygen atoms in total. The van der Waals surface area contributed by atoms with Crippen LogP contribution in [-0.4, -0.2) is 86.4 Å². The number of thioether (sulfide) groups is 1. The predicted molar refractivity (Wildman–Crippen MR) is 229 cm³/mol. The van der Waals surface area contributed by atoms with Crippen LogP contribution in [0.15, 0.2) is 101 Å². The molecule has 2 aliphatic heterocycles. The quantitative estimate of drug-likeness (QED) is 0.109. The van der Waals surface area contributed by atoms with E-state index >= 15 is 0 Å². The monoisotopic (exact) mass is 833 g/mol. The summed E-state index contributed by atoms with van der Waals surface area (Å²) in [4.78, 5) is 32.7.